The van der Waals surface area contributed by atoms with Gasteiger partial charge in [-0.3, -0.25) is 0 Å². The van der Waals surface area contributed by atoms with E-state index < -0.39 is 0 Å². The van der Waals surface area contributed by atoms with E-state index in [0.717, 1.165) is 27.3 Å². The summed E-state index contributed by atoms with van der Waals surface area (Å²) >= 11 is 7.30. The third-order valence-electron chi connectivity index (χ3n) is 2.85. The van der Waals surface area contributed by atoms with Crippen molar-refractivity contribution in [2.45, 2.75) is 13.8 Å². The van der Waals surface area contributed by atoms with E-state index in [4.69, 9.17) is 17.3 Å². The summed E-state index contributed by atoms with van der Waals surface area (Å²) < 4.78 is 0. The summed E-state index contributed by atoms with van der Waals surface area (Å²) in [6, 6.07) is 2.00. The van der Waals surface area contributed by atoms with Crippen LogP contribution in [0.2, 0.25) is 0 Å². The molecule has 0 aliphatic heterocycles. The van der Waals surface area contributed by atoms with Crippen LogP contribution in [0.5, 0.6) is 0 Å². The molecular weight excluding hydrogens is 302 g/mol. The van der Waals surface area contributed by atoms with E-state index in [1.54, 1.807) is 23.0 Å². The quantitative estimate of drug-likeness (QED) is 0.823. The molecule has 21 heavy (non-hydrogen) atoms. The van der Waals surface area contributed by atoms with Gasteiger partial charge in [-0.25, -0.2) is 9.97 Å². The number of hydrogen-bond acceptors (Lipinski definition) is 4. The van der Waals surface area contributed by atoms with Crippen LogP contribution >= 0.6 is 22.9 Å². The van der Waals surface area contributed by atoms with Gasteiger partial charge in [0.1, 0.15) is 5.82 Å². The molecule has 2 aromatic rings. The summed E-state index contributed by atoms with van der Waals surface area (Å²) in [5.41, 5.74) is 13.0. The Labute approximate surface area is 133 Å². The van der Waals surface area contributed by atoms with Crippen LogP contribution in [0.3, 0.4) is 0 Å². The minimum absolute atomic E-state index is 0.480. The van der Waals surface area contributed by atoms with Crippen LogP contribution in [-0.4, -0.2) is 9.97 Å². The highest BCUT2D eigenvalue weighted by atomic mass is 35.5. The van der Waals surface area contributed by atoms with Crippen molar-refractivity contribution in [2.75, 3.05) is 5.73 Å². The Hall–Kier alpha value is -1.91. The van der Waals surface area contributed by atoms with Crippen LogP contribution in [0.1, 0.15) is 17.4 Å². The lowest BCUT2D eigenvalue weighted by Crippen LogP contribution is -1.96. The summed E-state index contributed by atoms with van der Waals surface area (Å²) in [5, 5.41) is 0. The number of thiazole rings is 1. The van der Waals surface area contributed by atoms with Crippen LogP contribution < -0.4 is 5.73 Å². The number of aryl methyl sites for hydroxylation is 1. The number of anilines is 1. The Morgan fingerprint density at radius 1 is 1.38 bits per heavy atom. The fourth-order valence-corrected chi connectivity index (χ4v) is 2.83. The fourth-order valence-electron chi connectivity index (χ4n) is 1.89. The minimum atomic E-state index is 0.480. The van der Waals surface area contributed by atoms with Crippen LogP contribution in [0.25, 0.3) is 16.8 Å². The topological polar surface area (TPSA) is 51.8 Å². The number of pyridine rings is 1. The van der Waals surface area contributed by atoms with Gasteiger partial charge in [0, 0.05) is 17.3 Å². The highest BCUT2D eigenvalue weighted by Gasteiger charge is 2.14. The standard InChI is InChI=1S/C16H16ClN3S/c1-3-4-5-12(6-7-17)15-14(20-10-21-15)13-8-11(2)9-19-16(13)18/h3-10H,1-2H3,(H2,18,19)/b4-3-,7-6+,12-5+. The molecule has 2 aromatic heterocycles. The van der Waals surface area contributed by atoms with E-state index in [9.17, 15) is 0 Å². The van der Waals surface area contributed by atoms with E-state index in [0.29, 0.717) is 5.82 Å². The van der Waals surface area contributed by atoms with E-state index in [-0.39, 0.29) is 0 Å². The molecule has 0 fully saturated rings. The van der Waals surface area contributed by atoms with Crippen molar-refractivity contribution < 1.29 is 0 Å². The summed E-state index contributed by atoms with van der Waals surface area (Å²) in [5.74, 6) is 0.480. The smallest absolute Gasteiger partial charge is 0.132 e. The zero-order valence-corrected chi connectivity index (χ0v) is 13.4. The Bertz CT molecular complexity index is 714. The maximum Gasteiger partial charge on any atom is 0.132 e. The van der Waals surface area contributed by atoms with Crippen LogP contribution in [0, 0.1) is 6.92 Å². The first-order valence-electron chi connectivity index (χ1n) is 6.43. The molecule has 0 atom stereocenters. The molecule has 0 aliphatic rings. The highest BCUT2D eigenvalue weighted by Crippen LogP contribution is 2.34. The van der Waals surface area contributed by atoms with Gasteiger partial charge >= 0.3 is 0 Å². The predicted molar refractivity (Wildman–Crippen MR) is 92.3 cm³/mol. The minimum Gasteiger partial charge on any atom is -0.383 e. The van der Waals surface area contributed by atoms with Gasteiger partial charge < -0.3 is 5.73 Å². The molecule has 0 radical (unpaired) electrons. The molecule has 0 amide bonds. The van der Waals surface area contributed by atoms with Gasteiger partial charge in [0.2, 0.25) is 0 Å². The van der Waals surface area contributed by atoms with Crippen molar-refractivity contribution in [3.8, 4) is 11.3 Å². The fraction of sp³-hybridized carbons (Fsp3) is 0.125. The second-order valence-corrected chi connectivity index (χ2v) is 5.52. The molecule has 0 spiro atoms. The molecular formula is C16H16ClN3S. The van der Waals surface area contributed by atoms with Crippen molar-refractivity contribution in [1.29, 1.82) is 0 Å². The van der Waals surface area contributed by atoms with E-state index >= 15 is 0 Å². The molecule has 2 N–H and O–H groups in total. The van der Waals surface area contributed by atoms with Crippen molar-refractivity contribution in [3.05, 3.63) is 58.1 Å². The number of aromatic nitrogens is 2. The second-order valence-electron chi connectivity index (χ2n) is 4.42. The number of rotatable bonds is 4. The molecule has 3 nitrogen and oxygen atoms in total. The molecule has 0 aromatic carbocycles. The lowest BCUT2D eigenvalue weighted by Gasteiger charge is -2.07. The van der Waals surface area contributed by atoms with Crippen molar-refractivity contribution in [1.82, 2.24) is 9.97 Å². The first-order valence-corrected chi connectivity index (χ1v) is 7.75. The molecule has 5 heteroatoms. The van der Waals surface area contributed by atoms with E-state index in [1.165, 1.54) is 5.54 Å². The monoisotopic (exact) mass is 317 g/mol. The average molecular weight is 318 g/mol. The number of hydrogen-bond donors (Lipinski definition) is 1. The first kappa shape index (κ1) is 15.5. The Morgan fingerprint density at radius 3 is 2.90 bits per heavy atom. The molecule has 0 saturated carbocycles. The third-order valence-corrected chi connectivity index (χ3v) is 3.85. The number of allylic oxidation sites excluding steroid dienone is 5. The summed E-state index contributed by atoms with van der Waals surface area (Å²) in [7, 11) is 0. The molecule has 0 unspecified atom stereocenters. The molecule has 0 saturated heterocycles. The van der Waals surface area contributed by atoms with Crippen molar-refractivity contribution in [2.24, 2.45) is 0 Å². The normalized spacial score (nSPS) is 12.6. The van der Waals surface area contributed by atoms with Gasteiger partial charge in [-0.15, -0.1) is 11.3 Å². The van der Waals surface area contributed by atoms with Gasteiger partial charge in [0.05, 0.1) is 16.1 Å². The molecule has 108 valence electrons. The van der Waals surface area contributed by atoms with E-state index in [2.05, 4.69) is 9.97 Å². The van der Waals surface area contributed by atoms with Crippen molar-refractivity contribution in [3.63, 3.8) is 0 Å². The van der Waals surface area contributed by atoms with Gasteiger partial charge in [-0.1, -0.05) is 29.8 Å². The highest BCUT2D eigenvalue weighted by molar-refractivity contribution is 7.11. The number of halogens is 1. The van der Waals surface area contributed by atoms with Gasteiger partial charge in [0.15, 0.2) is 0 Å². The van der Waals surface area contributed by atoms with Gasteiger partial charge in [0.25, 0.3) is 0 Å². The number of nitrogens with zero attached hydrogens (tertiary/aromatic N) is 2. The lowest BCUT2D eigenvalue weighted by atomic mass is 10.1. The van der Waals surface area contributed by atoms with Crippen LogP contribution in [0.15, 0.2) is 47.6 Å². The average Bonchev–Trinajstić information content (AvgIpc) is 2.95. The Kier molecular flexibility index (Phi) is 5.31. The Balaban J connectivity index is 2.58. The SMILES string of the molecule is C\C=C/C=C(\C=C\Cl)c1scnc1-c1cc(C)cnc1N. The zero-order chi connectivity index (χ0) is 15.2. The third kappa shape index (κ3) is 3.60. The van der Waals surface area contributed by atoms with Gasteiger partial charge in [-0.2, -0.15) is 0 Å². The zero-order valence-electron chi connectivity index (χ0n) is 11.9. The summed E-state index contributed by atoms with van der Waals surface area (Å²) in [4.78, 5) is 9.68. The molecule has 0 bridgehead atoms. The second kappa shape index (κ2) is 7.20. The Morgan fingerprint density at radius 2 is 2.19 bits per heavy atom. The van der Waals surface area contributed by atoms with Crippen LogP contribution in [0.4, 0.5) is 5.82 Å². The number of nitrogen functional groups attached to an aromatic ring is 1. The van der Waals surface area contributed by atoms with Crippen molar-refractivity contribution >= 4 is 34.3 Å². The molecule has 2 heterocycles. The first-order chi connectivity index (χ1) is 10.2. The summed E-state index contributed by atoms with van der Waals surface area (Å²) in [6.45, 7) is 3.95. The molecule has 0 aliphatic carbocycles. The maximum atomic E-state index is 6.00. The lowest BCUT2D eigenvalue weighted by molar-refractivity contribution is 1.26. The largest absolute Gasteiger partial charge is 0.383 e. The predicted octanol–water partition coefficient (Wildman–Crippen LogP) is 4.81. The van der Waals surface area contributed by atoms with E-state index in [1.807, 2.05) is 44.2 Å². The van der Waals surface area contributed by atoms with Crippen LogP contribution in [-0.2, 0) is 0 Å². The van der Waals surface area contributed by atoms with Gasteiger partial charge in [-0.05, 0) is 37.1 Å². The number of nitrogens with two attached hydrogens (primary N) is 1. The maximum absolute atomic E-state index is 6.00. The molecule has 2 rings (SSSR count). The summed E-state index contributed by atoms with van der Waals surface area (Å²) in [6.07, 6.45) is 9.52.